The highest BCUT2D eigenvalue weighted by molar-refractivity contribution is 7.89. The van der Waals surface area contributed by atoms with E-state index >= 15 is 0 Å². The van der Waals surface area contributed by atoms with Crippen LogP contribution in [0.2, 0.25) is 5.15 Å². The van der Waals surface area contributed by atoms with E-state index in [1.165, 1.54) is 15.7 Å². The minimum Gasteiger partial charge on any atom is -0.393 e. The summed E-state index contributed by atoms with van der Waals surface area (Å²) in [6.07, 6.45) is 4.52. The molecule has 1 saturated carbocycles. The molecular weight excluding hydrogens is 334 g/mol. The highest BCUT2D eigenvalue weighted by atomic mass is 35.5. The number of aromatic nitrogens is 2. The SMILES string of the molecule is O=S(=O)(NCC1CCC(O)CC1)c1c(Cl)nc2sccn12. The van der Waals surface area contributed by atoms with Crippen molar-refractivity contribution < 1.29 is 13.5 Å². The molecule has 0 saturated heterocycles. The molecule has 2 heterocycles. The molecule has 0 atom stereocenters. The number of hydrogen-bond acceptors (Lipinski definition) is 5. The smallest absolute Gasteiger partial charge is 0.259 e. The van der Waals surface area contributed by atoms with Gasteiger partial charge in [0.25, 0.3) is 10.0 Å². The molecule has 0 amide bonds. The standard InChI is InChI=1S/C12H16ClN3O3S2/c13-10-11(16-5-6-20-12(16)15-10)21(18,19)14-7-8-1-3-9(17)4-2-8/h5-6,8-9,14,17H,1-4,7H2. The van der Waals surface area contributed by atoms with Crippen molar-refractivity contribution in [2.75, 3.05) is 6.54 Å². The molecule has 9 heteroatoms. The number of halogens is 1. The van der Waals surface area contributed by atoms with Gasteiger partial charge < -0.3 is 5.11 Å². The highest BCUT2D eigenvalue weighted by Crippen LogP contribution is 2.27. The Hall–Kier alpha value is -0.670. The number of rotatable bonds is 4. The fraction of sp³-hybridized carbons (Fsp3) is 0.583. The topological polar surface area (TPSA) is 83.7 Å². The van der Waals surface area contributed by atoms with Gasteiger partial charge in [-0.25, -0.2) is 18.1 Å². The molecule has 116 valence electrons. The zero-order valence-corrected chi connectivity index (χ0v) is 13.6. The van der Waals surface area contributed by atoms with Crippen LogP contribution in [0.1, 0.15) is 25.7 Å². The summed E-state index contributed by atoms with van der Waals surface area (Å²) >= 11 is 7.29. The second-order valence-corrected chi connectivity index (χ2v) is 8.20. The van der Waals surface area contributed by atoms with Gasteiger partial charge in [0.1, 0.15) is 0 Å². The quantitative estimate of drug-likeness (QED) is 0.882. The van der Waals surface area contributed by atoms with Gasteiger partial charge in [-0.15, -0.1) is 11.3 Å². The number of nitrogens with one attached hydrogen (secondary N) is 1. The van der Waals surface area contributed by atoms with E-state index in [9.17, 15) is 13.5 Å². The Bertz CT molecular complexity index is 732. The predicted molar refractivity (Wildman–Crippen MR) is 81.2 cm³/mol. The van der Waals surface area contributed by atoms with Crippen molar-refractivity contribution in [3.05, 3.63) is 16.7 Å². The lowest BCUT2D eigenvalue weighted by Gasteiger charge is -2.25. The summed E-state index contributed by atoms with van der Waals surface area (Å²) < 4.78 is 29.0. The van der Waals surface area contributed by atoms with Crippen LogP contribution in [0.3, 0.4) is 0 Å². The molecule has 0 radical (unpaired) electrons. The maximum atomic E-state index is 12.4. The van der Waals surface area contributed by atoms with Crippen LogP contribution in [0.4, 0.5) is 0 Å². The number of aliphatic hydroxyl groups is 1. The Balaban J connectivity index is 1.75. The Labute approximate surface area is 131 Å². The van der Waals surface area contributed by atoms with Crippen molar-refractivity contribution in [3.8, 4) is 0 Å². The van der Waals surface area contributed by atoms with E-state index in [-0.39, 0.29) is 22.2 Å². The third-order valence-corrected chi connectivity index (χ3v) is 6.39. The number of imidazole rings is 1. The van der Waals surface area contributed by atoms with E-state index in [0.717, 1.165) is 25.7 Å². The molecule has 2 aromatic rings. The van der Waals surface area contributed by atoms with Crippen LogP contribution in [0.15, 0.2) is 16.6 Å². The maximum Gasteiger partial charge on any atom is 0.259 e. The molecule has 0 spiro atoms. The summed E-state index contributed by atoms with van der Waals surface area (Å²) in [5, 5.41) is 11.2. The zero-order chi connectivity index (χ0) is 15.0. The van der Waals surface area contributed by atoms with Gasteiger partial charge in [-0.3, -0.25) is 4.40 Å². The number of hydrogen-bond donors (Lipinski definition) is 2. The number of fused-ring (bicyclic) bond motifs is 1. The molecule has 0 aromatic carbocycles. The van der Waals surface area contributed by atoms with E-state index in [2.05, 4.69) is 9.71 Å². The first-order valence-electron chi connectivity index (χ1n) is 6.76. The third-order valence-electron chi connectivity index (χ3n) is 3.81. The van der Waals surface area contributed by atoms with Crippen LogP contribution in [0.5, 0.6) is 0 Å². The number of aliphatic hydroxyl groups excluding tert-OH is 1. The number of thiazole rings is 1. The van der Waals surface area contributed by atoms with Gasteiger partial charge in [0.05, 0.1) is 6.10 Å². The molecule has 21 heavy (non-hydrogen) atoms. The molecule has 1 fully saturated rings. The molecular formula is C12H16ClN3O3S2. The monoisotopic (exact) mass is 349 g/mol. The minimum absolute atomic E-state index is 0.00346. The average Bonchev–Trinajstić information content (AvgIpc) is 2.97. The summed E-state index contributed by atoms with van der Waals surface area (Å²) in [5.74, 6) is 0.257. The summed E-state index contributed by atoms with van der Waals surface area (Å²) in [6, 6.07) is 0. The fourth-order valence-corrected chi connectivity index (χ4v) is 5.19. The maximum absolute atomic E-state index is 12.4. The van der Waals surface area contributed by atoms with Crippen LogP contribution in [0, 0.1) is 5.92 Å². The first-order chi connectivity index (χ1) is 9.97. The molecule has 0 bridgehead atoms. The van der Waals surface area contributed by atoms with Gasteiger partial charge in [0.15, 0.2) is 15.1 Å². The van der Waals surface area contributed by atoms with Crippen LogP contribution >= 0.6 is 22.9 Å². The molecule has 1 aliphatic rings. The summed E-state index contributed by atoms with van der Waals surface area (Å²) in [5.41, 5.74) is 0. The number of sulfonamides is 1. The van der Waals surface area contributed by atoms with Crippen LogP contribution in [-0.2, 0) is 10.0 Å². The molecule has 1 aliphatic carbocycles. The van der Waals surface area contributed by atoms with Crippen molar-refractivity contribution in [1.82, 2.24) is 14.1 Å². The molecule has 2 N–H and O–H groups in total. The normalized spacial score (nSPS) is 23.7. The van der Waals surface area contributed by atoms with E-state index in [0.29, 0.717) is 11.5 Å². The van der Waals surface area contributed by atoms with Crippen LogP contribution in [0.25, 0.3) is 4.96 Å². The van der Waals surface area contributed by atoms with E-state index < -0.39 is 10.0 Å². The van der Waals surface area contributed by atoms with Gasteiger partial charge in [-0.2, -0.15) is 0 Å². The van der Waals surface area contributed by atoms with Crippen LogP contribution in [-0.4, -0.2) is 35.6 Å². The van der Waals surface area contributed by atoms with E-state index in [1.807, 2.05) is 0 Å². The van der Waals surface area contributed by atoms with Crippen molar-refractivity contribution in [1.29, 1.82) is 0 Å². The largest absolute Gasteiger partial charge is 0.393 e. The second-order valence-electron chi connectivity index (χ2n) is 5.29. The van der Waals surface area contributed by atoms with E-state index in [1.54, 1.807) is 11.6 Å². The Morgan fingerprint density at radius 2 is 2.14 bits per heavy atom. The van der Waals surface area contributed by atoms with Gasteiger partial charge in [-0.05, 0) is 31.6 Å². The molecule has 2 aromatic heterocycles. The molecule has 0 unspecified atom stereocenters. The first kappa shape index (κ1) is 15.2. The van der Waals surface area contributed by atoms with E-state index in [4.69, 9.17) is 11.6 Å². The summed E-state index contributed by atoms with van der Waals surface area (Å²) in [4.78, 5) is 4.60. The Morgan fingerprint density at radius 3 is 2.86 bits per heavy atom. The van der Waals surface area contributed by atoms with Crippen molar-refractivity contribution in [3.63, 3.8) is 0 Å². The Kier molecular flexibility index (Phi) is 4.24. The first-order valence-corrected chi connectivity index (χ1v) is 9.50. The second kappa shape index (κ2) is 5.85. The Morgan fingerprint density at radius 1 is 1.43 bits per heavy atom. The zero-order valence-electron chi connectivity index (χ0n) is 11.2. The lowest BCUT2D eigenvalue weighted by atomic mass is 9.88. The minimum atomic E-state index is -3.69. The lowest BCUT2D eigenvalue weighted by Crippen LogP contribution is -2.32. The van der Waals surface area contributed by atoms with Gasteiger partial charge in [0.2, 0.25) is 0 Å². The molecule has 3 rings (SSSR count). The average molecular weight is 350 g/mol. The molecule has 6 nitrogen and oxygen atoms in total. The summed E-state index contributed by atoms with van der Waals surface area (Å²) in [6.45, 7) is 0.364. The highest BCUT2D eigenvalue weighted by Gasteiger charge is 2.27. The third kappa shape index (κ3) is 3.09. The van der Waals surface area contributed by atoms with Gasteiger partial charge in [0, 0.05) is 18.1 Å². The van der Waals surface area contributed by atoms with Crippen LogP contribution < -0.4 is 4.72 Å². The lowest BCUT2D eigenvalue weighted by molar-refractivity contribution is 0.109. The van der Waals surface area contributed by atoms with Gasteiger partial charge in [-0.1, -0.05) is 11.6 Å². The van der Waals surface area contributed by atoms with Crippen molar-refractivity contribution in [2.24, 2.45) is 5.92 Å². The van der Waals surface area contributed by atoms with Crippen molar-refractivity contribution in [2.45, 2.75) is 36.8 Å². The fourth-order valence-electron chi connectivity index (χ4n) is 2.62. The number of nitrogens with zero attached hydrogens (tertiary/aromatic N) is 2. The molecule has 0 aliphatic heterocycles. The van der Waals surface area contributed by atoms with Gasteiger partial charge >= 0.3 is 0 Å². The van der Waals surface area contributed by atoms with Crippen molar-refractivity contribution >= 4 is 37.9 Å². The predicted octanol–water partition coefficient (Wildman–Crippen LogP) is 1.88. The summed E-state index contributed by atoms with van der Waals surface area (Å²) in [7, 11) is -3.69.